The molecule has 0 aliphatic heterocycles. The third-order valence-corrected chi connectivity index (χ3v) is 2.59. The number of carbonyl (C=O) groups is 1. The Kier molecular flexibility index (Phi) is 4.52. The fourth-order valence-electron chi connectivity index (χ4n) is 1.70. The highest BCUT2D eigenvalue weighted by Gasteiger charge is 2.19. The fourth-order valence-corrected chi connectivity index (χ4v) is 1.70. The predicted molar refractivity (Wildman–Crippen MR) is 69.4 cm³/mol. The second-order valence-electron chi connectivity index (χ2n) is 4.54. The Hall–Kier alpha value is -1.55. The summed E-state index contributed by atoms with van der Waals surface area (Å²) in [4.78, 5) is 11.4. The first-order valence-corrected chi connectivity index (χ1v) is 5.67. The second kappa shape index (κ2) is 5.68. The summed E-state index contributed by atoms with van der Waals surface area (Å²) in [5.41, 5.74) is 13.5. The Morgan fingerprint density at radius 3 is 2.47 bits per heavy atom. The van der Waals surface area contributed by atoms with Crippen LogP contribution in [0.4, 0.5) is 11.4 Å². The lowest BCUT2D eigenvalue weighted by Crippen LogP contribution is -2.27. The van der Waals surface area contributed by atoms with Crippen molar-refractivity contribution in [3.05, 3.63) is 23.8 Å². The van der Waals surface area contributed by atoms with E-state index in [1.807, 2.05) is 19.9 Å². The van der Waals surface area contributed by atoms with Crippen molar-refractivity contribution < 1.29 is 9.53 Å². The van der Waals surface area contributed by atoms with Crippen LogP contribution in [0.5, 0.6) is 0 Å². The molecule has 94 valence electrons. The van der Waals surface area contributed by atoms with Gasteiger partial charge in [-0.05, 0) is 25.0 Å². The van der Waals surface area contributed by atoms with Crippen molar-refractivity contribution >= 4 is 17.2 Å². The highest BCUT2D eigenvalue weighted by atomic mass is 16.5. The zero-order chi connectivity index (χ0) is 13.0. The molecule has 0 radical (unpaired) electrons. The van der Waals surface area contributed by atoms with Gasteiger partial charge in [0.1, 0.15) is 6.10 Å². The molecule has 0 amide bonds. The zero-order valence-electron chi connectivity index (χ0n) is 10.6. The lowest BCUT2D eigenvalue weighted by Gasteiger charge is -2.19. The topological polar surface area (TPSA) is 78.3 Å². The van der Waals surface area contributed by atoms with Crippen molar-refractivity contribution in [2.75, 3.05) is 11.5 Å². The molecule has 0 fully saturated rings. The first-order valence-electron chi connectivity index (χ1n) is 5.67. The Labute approximate surface area is 102 Å². The number of carbonyl (C=O) groups excluding carboxylic acids is 1. The molecule has 17 heavy (non-hydrogen) atoms. The van der Waals surface area contributed by atoms with Crippen molar-refractivity contribution in [3.63, 3.8) is 0 Å². The second-order valence-corrected chi connectivity index (χ2v) is 4.54. The highest BCUT2D eigenvalue weighted by molar-refractivity contribution is 5.80. The SMILES string of the molecule is CC(=O)C(OCc1ccc(N)cc1N)C(C)C. The van der Waals surface area contributed by atoms with E-state index in [9.17, 15) is 4.79 Å². The largest absolute Gasteiger partial charge is 0.399 e. The average molecular weight is 236 g/mol. The summed E-state index contributed by atoms with van der Waals surface area (Å²) in [6.07, 6.45) is -0.382. The van der Waals surface area contributed by atoms with Gasteiger partial charge in [-0.15, -0.1) is 0 Å². The summed E-state index contributed by atoms with van der Waals surface area (Å²) in [6, 6.07) is 5.28. The summed E-state index contributed by atoms with van der Waals surface area (Å²) in [6.45, 7) is 5.78. The molecule has 4 nitrogen and oxygen atoms in total. The number of ether oxygens (including phenoxy) is 1. The van der Waals surface area contributed by atoms with Crippen LogP contribution in [-0.2, 0) is 16.1 Å². The number of benzene rings is 1. The van der Waals surface area contributed by atoms with Gasteiger partial charge >= 0.3 is 0 Å². The molecular weight excluding hydrogens is 216 g/mol. The van der Waals surface area contributed by atoms with Crippen LogP contribution in [0, 0.1) is 5.92 Å². The van der Waals surface area contributed by atoms with Gasteiger partial charge in [-0.1, -0.05) is 19.9 Å². The molecule has 0 saturated heterocycles. The normalized spacial score (nSPS) is 12.7. The van der Waals surface area contributed by atoms with Crippen molar-refractivity contribution in [1.29, 1.82) is 0 Å². The quantitative estimate of drug-likeness (QED) is 0.766. The number of Topliss-reactive ketones (excluding diaryl/α,β-unsaturated/α-hetero) is 1. The molecule has 0 aliphatic carbocycles. The van der Waals surface area contributed by atoms with Gasteiger partial charge in [0.25, 0.3) is 0 Å². The van der Waals surface area contributed by atoms with Crippen molar-refractivity contribution in [3.8, 4) is 0 Å². The third kappa shape index (κ3) is 3.75. The van der Waals surface area contributed by atoms with Crippen molar-refractivity contribution in [2.24, 2.45) is 5.92 Å². The summed E-state index contributed by atoms with van der Waals surface area (Å²) >= 11 is 0. The monoisotopic (exact) mass is 236 g/mol. The summed E-state index contributed by atoms with van der Waals surface area (Å²) < 4.78 is 5.60. The zero-order valence-corrected chi connectivity index (χ0v) is 10.6. The summed E-state index contributed by atoms with van der Waals surface area (Å²) in [7, 11) is 0. The van der Waals surface area contributed by atoms with E-state index in [1.165, 1.54) is 6.92 Å². The summed E-state index contributed by atoms with van der Waals surface area (Å²) in [5, 5.41) is 0. The Balaban J connectivity index is 2.69. The third-order valence-electron chi connectivity index (χ3n) is 2.59. The van der Waals surface area contributed by atoms with Crippen LogP contribution in [0.3, 0.4) is 0 Å². The van der Waals surface area contributed by atoms with E-state index in [2.05, 4.69) is 0 Å². The molecule has 1 aromatic rings. The van der Waals surface area contributed by atoms with E-state index in [-0.39, 0.29) is 17.8 Å². The van der Waals surface area contributed by atoms with Gasteiger partial charge in [0.15, 0.2) is 5.78 Å². The fraction of sp³-hybridized carbons (Fsp3) is 0.462. The number of anilines is 2. The molecule has 4 N–H and O–H groups in total. The van der Waals surface area contributed by atoms with Crippen molar-refractivity contribution in [1.82, 2.24) is 0 Å². The molecule has 1 atom stereocenters. The molecular formula is C13H20N2O2. The van der Waals surface area contributed by atoms with Crippen LogP contribution in [0.25, 0.3) is 0 Å². The standard InChI is InChI=1S/C13H20N2O2/c1-8(2)13(9(3)16)17-7-10-4-5-11(14)6-12(10)15/h4-6,8,13H,7,14-15H2,1-3H3. The average Bonchev–Trinajstić information content (AvgIpc) is 2.20. The molecule has 0 aromatic heterocycles. The van der Waals surface area contributed by atoms with Crippen LogP contribution in [0.1, 0.15) is 26.3 Å². The maximum atomic E-state index is 11.4. The minimum Gasteiger partial charge on any atom is -0.399 e. The maximum absolute atomic E-state index is 11.4. The number of hydrogen-bond donors (Lipinski definition) is 2. The minimum atomic E-state index is -0.382. The predicted octanol–water partition coefficient (Wildman–Crippen LogP) is 1.98. The first kappa shape index (κ1) is 13.5. The Morgan fingerprint density at radius 2 is 2.00 bits per heavy atom. The molecule has 1 unspecified atom stereocenters. The lowest BCUT2D eigenvalue weighted by atomic mass is 10.0. The minimum absolute atomic E-state index is 0.0361. The Morgan fingerprint density at radius 1 is 1.35 bits per heavy atom. The van der Waals surface area contributed by atoms with Crippen molar-refractivity contribution in [2.45, 2.75) is 33.5 Å². The van der Waals surface area contributed by atoms with Crippen LogP contribution in [-0.4, -0.2) is 11.9 Å². The molecule has 0 aliphatic rings. The van der Waals surface area contributed by atoms with E-state index in [4.69, 9.17) is 16.2 Å². The summed E-state index contributed by atoms with van der Waals surface area (Å²) in [5.74, 6) is 0.191. The number of hydrogen-bond acceptors (Lipinski definition) is 4. The van der Waals surface area contributed by atoms with E-state index >= 15 is 0 Å². The van der Waals surface area contributed by atoms with Gasteiger partial charge < -0.3 is 16.2 Å². The molecule has 0 spiro atoms. The van der Waals surface area contributed by atoms with E-state index < -0.39 is 0 Å². The molecule has 1 aromatic carbocycles. The van der Waals surface area contributed by atoms with Gasteiger partial charge in [-0.2, -0.15) is 0 Å². The van der Waals surface area contributed by atoms with Crippen LogP contribution >= 0.6 is 0 Å². The van der Waals surface area contributed by atoms with E-state index in [0.717, 1.165) is 5.56 Å². The maximum Gasteiger partial charge on any atom is 0.158 e. The van der Waals surface area contributed by atoms with Gasteiger partial charge in [0.05, 0.1) is 6.61 Å². The molecule has 4 heteroatoms. The highest BCUT2D eigenvalue weighted by Crippen LogP contribution is 2.18. The van der Waals surface area contributed by atoms with Crippen LogP contribution in [0.15, 0.2) is 18.2 Å². The number of nitrogens with two attached hydrogens (primary N) is 2. The number of ketones is 1. The lowest BCUT2D eigenvalue weighted by molar-refractivity contribution is -0.132. The number of nitrogen functional groups attached to an aromatic ring is 2. The van der Waals surface area contributed by atoms with Gasteiger partial charge in [0, 0.05) is 16.9 Å². The molecule has 0 heterocycles. The first-order chi connectivity index (χ1) is 7.91. The number of rotatable bonds is 5. The van der Waals surface area contributed by atoms with Gasteiger partial charge in [-0.3, -0.25) is 4.79 Å². The molecule has 0 saturated carbocycles. The van der Waals surface area contributed by atoms with Gasteiger partial charge in [-0.25, -0.2) is 0 Å². The Bertz CT molecular complexity index is 402. The smallest absolute Gasteiger partial charge is 0.158 e. The molecule has 1 rings (SSSR count). The van der Waals surface area contributed by atoms with E-state index in [1.54, 1.807) is 12.1 Å². The molecule has 0 bridgehead atoms. The van der Waals surface area contributed by atoms with E-state index in [0.29, 0.717) is 18.0 Å². The van der Waals surface area contributed by atoms with Gasteiger partial charge in [0.2, 0.25) is 0 Å². The van der Waals surface area contributed by atoms with Crippen LogP contribution < -0.4 is 11.5 Å². The van der Waals surface area contributed by atoms with Crippen LogP contribution in [0.2, 0.25) is 0 Å².